The molecule has 0 fully saturated rings. The second kappa shape index (κ2) is 9.73. The average molecular weight is 355 g/mol. The van der Waals surface area contributed by atoms with Crippen molar-refractivity contribution in [2.24, 2.45) is 5.73 Å². The first-order chi connectivity index (χ1) is 12.5. The van der Waals surface area contributed by atoms with Crippen molar-refractivity contribution >= 4 is 11.9 Å². The molecule has 0 saturated heterocycles. The largest absolute Gasteiger partial charge is 0.478 e. The second-order valence-corrected chi connectivity index (χ2v) is 6.37. The van der Waals surface area contributed by atoms with Crippen LogP contribution in [0.3, 0.4) is 0 Å². The summed E-state index contributed by atoms with van der Waals surface area (Å²) in [5.41, 5.74) is 8.83. The van der Waals surface area contributed by atoms with Gasteiger partial charge >= 0.3 is 11.9 Å². The number of hydrogen-bond donors (Lipinski definition) is 3. The fourth-order valence-electron chi connectivity index (χ4n) is 3.00. The molecule has 2 aromatic carbocycles. The molecule has 5 nitrogen and oxygen atoms in total. The number of nitrogens with two attached hydrogens (primary N) is 1. The van der Waals surface area contributed by atoms with Crippen molar-refractivity contribution in [1.82, 2.24) is 0 Å². The number of rotatable bonds is 10. The predicted octanol–water partition coefficient (Wildman–Crippen LogP) is 4.20. The summed E-state index contributed by atoms with van der Waals surface area (Å²) in [6.45, 7) is 0.719. The van der Waals surface area contributed by atoms with Crippen molar-refractivity contribution in [3.63, 3.8) is 0 Å². The molecule has 0 spiro atoms. The van der Waals surface area contributed by atoms with E-state index in [2.05, 4.69) is 0 Å². The second-order valence-electron chi connectivity index (χ2n) is 6.37. The molecule has 0 aromatic heterocycles. The molecule has 0 aliphatic heterocycles. The highest BCUT2D eigenvalue weighted by Crippen LogP contribution is 2.27. The van der Waals surface area contributed by atoms with E-state index in [1.807, 2.05) is 6.07 Å². The summed E-state index contributed by atoms with van der Waals surface area (Å²) in [6.07, 6.45) is 6.13. The number of benzene rings is 2. The molecule has 4 N–H and O–H groups in total. The highest BCUT2D eigenvalue weighted by atomic mass is 16.4. The smallest absolute Gasteiger partial charge is 0.335 e. The van der Waals surface area contributed by atoms with Crippen LogP contribution in [0.4, 0.5) is 0 Å². The van der Waals surface area contributed by atoms with E-state index in [4.69, 9.17) is 10.8 Å². The molecule has 138 valence electrons. The Morgan fingerprint density at radius 3 is 1.96 bits per heavy atom. The van der Waals surface area contributed by atoms with Gasteiger partial charge in [-0.2, -0.15) is 0 Å². The van der Waals surface area contributed by atoms with Crippen LogP contribution in [0.2, 0.25) is 0 Å². The lowest BCUT2D eigenvalue weighted by molar-refractivity contribution is 0.0686. The van der Waals surface area contributed by atoms with Crippen LogP contribution in [-0.2, 0) is 6.42 Å². The highest BCUT2D eigenvalue weighted by molar-refractivity contribution is 5.90. The minimum atomic E-state index is -0.963. The summed E-state index contributed by atoms with van der Waals surface area (Å²) in [6, 6.07) is 11.8. The highest BCUT2D eigenvalue weighted by Gasteiger charge is 2.11. The lowest BCUT2D eigenvalue weighted by Crippen LogP contribution is -2.01. The predicted molar refractivity (Wildman–Crippen MR) is 102 cm³/mol. The Kier molecular flexibility index (Phi) is 7.36. The van der Waals surface area contributed by atoms with Gasteiger partial charge in [0.1, 0.15) is 0 Å². The first kappa shape index (κ1) is 19.7. The van der Waals surface area contributed by atoms with Crippen LogP contribution < -0.4 is 5.73 Å². The number of aromatic carboxylic acids is 2. The van der Waals surface area contributed by atoms with Gasteiger partial charge in [0.15, 0.2) is 0 Å². The van der Waals surface area contributed by atoms with Gasteiger partial charge in [0.05, 0.1) is 11.1 Å². The maximum atomic E-state index is 11.3. The fraction of sp³-hybridized carbons (Fsp3) is 0.333. The maximum absolute atomic E-state index is 11.3. The average Bonchev–Trinajstić information content (AvgIpc) is 2.64. The van der Waals surface area contributed by atoms with Crippen molar-refractivity contribution in [2.45, 2.75) is 38.5 Å². The van der Waals surface area contributed by atoms with E-state index >= 15 is 0 Å². The molecule has 5 heteroatoms. The SMILES string of the molecule is NCCCCCCCc1cc(C(=O)O)ccc1-c1ccc(C(=O)O)cc1. The van der Waals surface area contributed by atoms with Crippen molar-refractivity contribution < 1.29 is 19.8 Å². The molecule has 26 heavy (non-hydrogen) atoms. The third-order valence-electron chi connectivity index (χ3n) is 4.45. The first-order valence-corrected chi connectivity index (χ1v) is 8.93. The van der Waals surface area contributed by atoms with Gasteiger partial charge in [-0.3, -0.25) is 0 Å². The number of unbranched alkanes of at least 4 members (excludes halogenated alkanes) is 4. The van der Waals surface area contributed by atoms with E-state index in [0.29, 0.717) is 0 Å². The summed E-state index contributed by atoms with van der Waals surface area (Å²) >= 11 is 0. The Hall–Kier alpha value is -2.66. The normalized spacial score (nSPS) is 10.7. The minimum absolute atomic E-state index is 0.234. The number of hydrogen-bond acceptors (Lipinski definition) is 3. The zero-order valence-electron chi connectivity index (χ0n) is 14.8. The van der Waals surface area contributed by atoms with Gasteiger partial charge in [0, 0.05) is 0 Å². The molecule has 0 unspecified atom stereocenters. The van der Waals surface area contributed by atoms with Crippen LogP contribution in [-0.4, -0.2) is 28.7 Å². The van der Waals surface area contributed by atoms with Gasteiger partial charge in [-0.15, -0.1) is 0 Å². The number of carboxylic acid groups (broad SMARTS) is 2. The summed E-state index contributed by atoms with van der Waals surface area (Å²) in [7, 11) is 0. The van der Waals surface area contributed by atoms with E-state index < -0.39 is 11.9 Å². The third kappa shape index (κ3) is 5.43. The monoisotopic (exact) mass is 355 g/mol. The molecule has 0 radical (unpaired) electrons. The molecule has 0 bridgehead atoms. The minimum Gasteiger partial charge on any atom is -0.478 e. The lowest BCUT2D eigenvalue weighted by atomic mass is 9.93. The van der Waals surface area contributed by atoms with Crippen molar-refractivity contribution in [2.75, 3.05) is 6.54 Å². The first-order valence-electron chi connectivity index (χ1n) is 8.93. The van der Waals surface area contributed by atoms with E-state index in [0.717, 1.165) is 61.8 Å². The van der Waals surface area contributed by atoms with E-state index in [-0.39, 0.29) is 11.1 Å². The van der Waals surface area contributed by atoms with E-state index in [9.17, 15) is 14.7 Å². The molecule has 0 heterocycles. The third-order valence-corrected chi connectivity index (χ3v) is 4.45. The number of aryl methyl sites for hydroxylation is 1. The van der Waals surface area contributed by atoms with Crippen LogP contribution in [0.5, 0.6) is 0 Å². The van der Waals surface area contributed by atoms with E-state index in [1.165, 1.54) is 0 Å². The van der Waals surface area contributed by atoms with Crippen LogP contribution >= 0.6 is 0 Å². The summed E-state index contributed by atoms with van der Waals surface area (Å²) in [5.74, 6) is -1.91. The molecular formula is C21H25NO4. The van der Waals surface area contributed by atoms with Gasteiger partial charge in [0.2, 0.25) is 0 Å². The zero-order valence-corrected chi connectivity index (χ0v) is 14.8. The molecule has 2 rings (SSSR count). The van der Waals surface area contributed by atoms with Crippen LogP contribution in [0, 0.1) is 0 Å². The van der Waals surface area contributed by atoms with Gasteiger partial charge in [-0.25, -0.2) is 9.59 Å². The van der Waals surface area contributed by atoms with Crippen LogP contribution in [0.1, 0.15) is 58.4 Å². The van der Waals surface area contributed by atoms with E-state index in [1.54, 1.807) is 36.4 Å². The Labute approximate surface area is 153 Å². The summed E-state index contributed by atoms with van der Waals surface area (Å²) in [5, 5.41) is 18.3. The topological polar surface area (TPSA) is 101 Å². The summed E-state index contributed by atoms with van der Waals surface area (Å²) < 4.78 is 0. The van der Waals surface area contributed by atoms with Gasteiger partial charge in [-0.1, -0.05) is 37.5 Å². The Balaban J connectivity index is 2.18. The molecule has 0 aliphatic carbocycles. The molecule has 0 amide bonds. The zero-order chi connectivity index (χ0) is 18.9. The fourth-order valence-corrected chi connectivity index (χ4v) is 3.00. The van der Waals surface area contributed by atoms with Gasteiger partial charge in [-0.05, 0) is 66.8 Å². The van der Waals surface area contributed by atoms with Crippen molar-refractivity contribution in [3.8, 4) is 11.1 Å². The number of carbonyl (C=O) groups is 2. The molecule has 2 aromatic rings. The van der Waals surface area contributed by atoms with Crippen molar-refractivity contribution in [3.05, 3.63) is 59.2 Å². The quantitative estimate of drug-likeness (QED) is 0.555. The van der Waals surface area contributed by atoms with Crippen molar-refractivity contribution in [1.29, 1.82) is 0 Å². The lowest BCUT2D eigenvalue weighted by Gasteiger charge is -2.12. The summed E-state index contributed by atoms with van der Waals surface area (Å²) in [4.78, 5) is 22.3. The Bertz CT molecular complexity index is 753. The Morgan fingerprint density at radius 1 is 0.769 bits per heavy atom. The molecule has 0 aliphatic rings. The number of carboxylic acids is 2. The van der Waals surface area contributed by atoms with Crippen LogP contribution in [0.25, 0.3) is 11.1 Å². The Morgan fingerprint density at radius 2 is 1.35 bits per heavy atom. The standard InChI is InChI=1S/C21H25NO4/c22-13-5-3-1-2-4-6-17-14-18(21(25)26)11-12-19(17)15-7-9-16(10-8-15)20(23)24/h7-12,14H,1-6,13,22H2,(H,23,24)(H,25,26). The van der Waals surface area contributed by atoms with Gasteiger partial charge < -0.3 is 15.9 Å². The van der Waals surface area contributed by atoms with Gasteiger partial charge in [0.25, 0.3) is 0 Å². The molecule has 0 atom stereocenters. The molecular weight excluding hydrogens is 330 g/mol. The maximum Gasteiger partial charge on any atom is 0.335 e. The molecule has 0 saturated carbocycles. The van der Waals surface area contributed by atoms with Crippen LogP contribution in [0.15, 0.2) is 42.5 Å².